The van der Waals surface area contributed by atoms with Gasteiger partial charge in [0.1, 0.15) is 0 Å². The molecule has 1 saturated carbocycles. The number of likely N-dealkylation sites (tertiary alicyclic amines) is 1. The first kappa shape index (κ1) is 20.1. The van der Waals surface area contributed by atoms with Crippen LogP contribution in [-0.2, 0) is 6.18 Å². The van der Waals surface area contributed by atoms with Gasteiger partial charge in [-0.05, 0) is 53.9 Å². The molecule has 4 rings (SSSR count). The van der Waals surface area contributed by atoms with Crippen molar-refractivity contribution in [3.05, 3.63) is 64.7 Å². The summed E-state index contributed by atoms with van der Waals surface area (Å²) in [7, 11) is 0. The molecule has 3 atom stereocenters. The van der Waals surface area contributed by atoms with Crippen molar-refractivity contribution >= 4 is 23.3 Å². The van der Waals surface area contributed by atoms with Gasteiger partial charge in [0.2, 0.25) is 0 Å². The number of nitrogens with one attached hydrogen (secondary N) is 1. The normalized spacial score (nSPS) is 26.4. The molecule has 0 aromatic heterocycles. The molecule has 2 aliphatic rings. The highest BCUT2D eigenvalue weighted by atomic mass is 35.5. The Labute approximate surface area is 172 Å². The van der Waals surface area contributed by atoms with Crippen molar-refractivity contribution in [2.75, 3.05) is 18.4 Å². The number of anilines is 1. The van der Waals surface area contributed by atoms with Gasteiger partial charge >= 0.3 is 12.2 Å². The number of carbonyl (C=O) groups excluding carboxylic acids is 1. The molecule has 0 bridgehead atoms. The van der Waals surface area contributed by atoms with Crippen molar-refractivity contribution in [3.63, 3.8) is 0 Å². The summed E-state index contributed by atoms with van der Waals surface area (Å²) < 4.78 is 39.1. The number of fused-ring (bicyclic) bond motifs is 1. The van der Waals surface area contributed by atoms with E-state index in [1.807, 2.05) is 18.2 Å². The third kappa shape index (κ3) is 3.95. The van der Waals surface area contributed by atoms with Crippen LogP contribution in [-0.4, -0.2) is 24.0 Å². The summed E-state index contributed by atoms with van der Waals surface area (Å²) in [5.74, 6) is 0.872. The average molecular weight is 423 g/mol. The summed E-state index contributed by atoms with van der Waals surface area (Å²) in [5.41, 5.74) is 0.499. The highest BCUT2D eigenvalue weighted by Gasteiger charge is 2.51. The van der Waals surface area contributed by atoms with E-state index in [1.54, 1.807) is 4.90 Å². The molecule has 2 aromatic carbocycles. The summed E-state index contributed by atoms with van der Waals surface area (Å²) in [6.07, 6.45) is -2.55. The number of hydrogen-bond acceptors (Lipinski definition) is 1. The van der Waals surface area contributed by atoms with E-state index in [-0.39, 0.29) is 22.2 Å². The van der Waals surface area contributed by atoms with E-state index in [0.29, 0.717) is 24.9 Å². The summed E-state index contributed by atoms with van der Waals surface area (Å²) >= 11 is 5.65. The zero-order chi connectivity index (χ0) is 20.8. The van der Waals surface area contributed by atoms with E-state index in [1.165, 1.54) is 11.6 Å². The molecule has 2 amide bonds. The molecule has 1 saturated heterocycles. The van der Waals surface area contributed by atoms with Gasteiger partial charge in [-0.2, -0.15) is 13.2 Å². The molecule has 2 aromatic rings. The maximum absolute atomic E-state index is 13.0. The molecule has 0 spiro atoms. The van der Waals surface area contributed by atoms with Crippen molar-refractivity contribution in [3.8, 4) is 0 Å². The second-order valence-corrected chi connectivity index (χ2v) is 8.81. The maximum Gasteiger partial charge on any atom is 0.417 e. The van der Waals surface area contributed by atoms with Crippen molar-refractivity contribution in [1.29, 1.82) is 0 Å². The smallest absolute Gasteiger partial charge is 0.324 e. The van der Waals surface area contributed by atoms with Crippen LogP contribution in [0, 0.1) is 11.3 Å². The third-order valence-electron chi connectivity index (χ3n) is 6.34. The van der Waals surface area contributed by atoms with Crippen LogP contribution in [0.25, 0.3) is 0 Å². The molecule has 29 heavy (non-hydrogen) atoms. The first-order valence-corrected chi connectivity index (χ1v) is 10.0. The van der Waals surface area contributed by atoms with Gasteiger partial charge in [0.15, 0.2) is 0 Å². The second-order valence-electron chi connectivity index (χ2n) is 8.40. The van der Waals surface area contributed by atoms with Gasteiger partial charge in [0.25, 0.3) is 0 Å². The third-order valence-corrected chi connectivity index (χ3v) is 6.67. The lowest BCUT2D eigenvalue weighted by Gasteiger charge is -2.24. The molecule has 1 aliphatic carbocycles. The Morgan fingerprint density at radius 1 is 1.21 bits per heavy atom. The van der Waals surface area contributed by atoms with Gasteiger partial charge in [-0.15, -0.1) is 0 Å². The first-order chi connectivity index (χ1) is 13.7. The quantitative estimate of drug-likeness (QED) is 0.596. The van der Waals surface area contributed by atoms with E-state index < -0.39 is 11.7 Å². The fourth-order valence-electron chi connectivity index (χ4n) is 4.85. The van der Waals surface area contributed by atoms with E-state index in [4.69, 9.17) is 11.6 Å². The lowest BCUT2D eigenvalue weighted by Crippen LogP contribution is -2.35. The van der Waals surface area contributed by atoms with Crippen molar-refractivity contribution in [2.24, 2.45) is 11.3 Å². The Balaban J connectivity index is 1.43. The fraction of sp³-hybridized carbons (Fsp3) is 0.409. The number of hydrogen-bond donors (Lipinski definition) is 1. The van der Waals surface area contributed by atoms with E-state index >= 15 is 0 Å². The van der Waals surface area contributed by atoms with Gasteiger partial charge in [0, 0.05) is 18.8 Å². The summed E-state index contributed by atoms with van der Waals surface area (Å²) in [4.78, 5) is 14.4. The number of benzene rings is 2. The SMILES string of the molecule is C[C@@]12C[C@H](c3ccccc3)C[C@@H]1CN(C(=O)Nc1ccc(Cl)c(C(F)(F)F)c1)C2. The van der Waals surface area contributed by atoms with Crippen molar-refractivity contribution < 1.29 is 18.0 Å². The van der Waals surface area contributed by atoms with Crippen molar-refractivity contribution in [2.45, 2.75) is 31.9 Å². The van der Waals surface area contributed by atoms with Crippen LogP contribution in [0.15, 0.2) is 48.5 Å². The van der Waals surface area contributed by atoms with Crippen LogP contribution in [0.3, 0.4) is 0 Å². The van der Waals surface area contributed by atoms with Gasteiger partial charge in [-0.25, -0.2) is 4.79 Å². The highest BCUT2D eigenvalue weighted by molar-refractivity contribution is 6.31. The lowest BCUT2D eigenvalue weighted by atomic mass is 9.82. The number of urea groups is 1. The second kappa shape index (κ2) is 7.24. The van der Waals surface area contributed by atoms with E-state index in [2.05, 4.69) is 24.4 Å². The summed E-state index contributed by atoms with van der Waals surface area (Å²) in [5, 5.41) is 2.22. The molecule has 1 aliphatic heterocycles. The van der Waals surface area contributed by atoms with E-state index in [9.17, 15) is 18.0 Å². The highest BCUT2D eigenvalue weighted by Crippen LogP contribution is 2.54. The molecule has 1 N–H and O–H groups in total. The Bertz CT molecular complexity index is 918. The van der Waals surface area contributed by atoms with Gasteiger partial charge in [-0.3, -0.25) is 0 Å². The number of rotatable bonds is 2. The summed E-state index contributed by atoms with van der Waals surface area (Å²) in [6.45, 7) is 3.43. The molecule has 154 valence electrons. The van der Waals surface area contributed by atoms with E-state index in [0.717, 1.165) is 25.0 Å². The molecular formula is C22H22ClF3N2O. The molecule has 1 heterocycles. The van der Waals surface area contributed by atoms with Crippen LogP contribution in [0.5, 0.6) is 0 Å². The van der Waals surface area contributed by atoms with Crippen LogP contribution in [0.2, 0.25) is 5.02 Å². The van der Waals surface area contributed by atoms with Crippen LogP contribution in [0.1, 0.15) is 36.8 Å². The predicted molar refractivity (Wildman–Crippen MR) is 107 cm³/mol. The van der Waals surface area contributed by atoms with Gasteiger partial charge in [0.05, 0.1) is 10.6 Å². The fourth-order valence-corrected chi connectivity index (χ4v) is 5.08. The van der Waals surface area contributed by atoms with Crippen LogP contribution < -0.4 is 5.32 Å². The number of nitrogens with zero attached hydrogens (tertiary/aromatic N) is 1. The van der Waals surface area contributed by atoms with Gasteiger partial charge < -0.3 is 10.2 Å². The summed E-state index contributed by atoms with van der Waals surface area (Å²) in [6, 6.07) is 13.5. The minimum atomic E-state index is -4.57. The maximum atomic E-state index is 13.0. The number of carbonyl (C=O) groups is 1. The topological polar surface area (TPSA) is 32.3 Å². The standard InChI is InChI=1S/C22H22ClF3N2O/c1-21-11-15(14-5-3-2-4-6-14)9-16(21)12-28(13-21)20(29)27-17-7-8-19(23)18(10-17)22(24,25)26/h2-8,10,15-16H,9,11-13H2,1H3,(H,27,29)/t15-,16-,21+/m1/s1. The minimum Gasteiger partial charge on any atom is -0.324 e. The van der Waals surface area contributed by atoms with Crippen LogP contribution in [0.4, 0.5) is 23.7 Å². The molecule has 3 nitrogen and oxygen atoms in total. The zero-order valence-corrected chi connectivity index (χ0v) is 16.7. The number of amides is 2. The zero-order valence-electron chi connectivity index (χ0n) is 16.0. The largest absolute Gasteiger partial charge is 0.417 e. The molecular weight excluding hydrogens is 401 g/mol. The number of halogens is 4. The minimum absolute atomic E-state index is 0.0228. The van der Waals surface area contributed by atoms with Crippen LogP contribution >= 0.6 is 11.6 Å². The Hall–Kier alpha value is -2.21. The molecule has 7 heteroatoms. The Morgan fingerprint density at radius 3 is 2.59 bits per heavy atom. The molecule has 2 fully saturated rings. The van der Waals surface area contributed by atoms with Gasteiger partial charge in [-0.1, -0.05) is 48.9 Å². The number of alkyl halides is 3. The average Bonchev–Trinajstić information content (AvgIpc) is 3.15. The predicted octanol–water partition coefficient (Wildman–Crippen LogP) is 6.41. The Kier molecular flexibility index (Phi) is 5.01. The molecule has 0 unspecified atom stereocenters. The lowest BCUT2D eigenvalue weighted by molar-refractivity contribution is -0.137. The molecule has 0 radical (unpaired) electrons. The monoisotopic (exact) mass is 422 g/mol. The van der Waals surface area contributed by atoms with Crippen molar-refractivity contribution in [1.82, 2.24) is 4.90 Å². The Morgan fingerprint density at radius 2 is 1.93 bits per heavy atom. The first-order valence-electron chi connectivity index (χ1n) is 9.63.